The monoisotopic (exact) mass is 521 g/mol. The number of fused-ring (bicyclic) bond motifs is 2. The summed E-state index contributed by atoms with van der Waals surface area (Å²) < 4.78 is 41.2. The molecule has 3 aromatic carbocycles. The van der Waals surface area contributed by atoms with Gasteiger partial charge in [0, 0.05) is 29.2 Å². The topological polar surface area (TPSA) is 76.6 Å². The Balaban J connectivity index is 1.57. The molecule has 0 saturated heterocycles. The standard InChI is InChI=1S/C30H35NO7/c1-6-33-21-11-9-20(10-12-21)31-30-18(4)28(22-15-24-25(37-17-36-24)16-23(22)38-30)19-13-26(32-5)29(35-8-3)27(14-19)34-7-2/h9-16,18,28,30-31H,6-8,17H2,1-5H3. The van der Waals surface area contributed by atoms with E-state index in [4.69, 9.17) is 33.2 Å². The molecule has 2 aliphatic rings. The van der Waals surface area contributed by atoms with E-state index in [2.05, 4.69) is 12.2 Å². The van der Waals surface area contributed by atoms with E-state index in [1.165, 1.54) is 0 Å². The molecule has 8 heteroatoms. The summed E-state index contributed by atoms with van der Waals surface area (Å²) in [7, 11) is 1.65. The van der Waals surface area contributed by atoms with Crippen LogP contribution in [0.4, 0.5) is 5.69 Å². The summed E-state index contributed by atoms with van der Waals surface area (Å²) in [5.41, 5.74) is 2.98. The zero-order valence-corrected chi connectivity index (χ0v) is 22.5. The van der Waals surface area contributed by atoms with Gasteiger partial charge < -0.3 is 38.5 Å². The average Bonchev–Trinajstić information content (AvgIpc) is 3.38. The Morgan fingerprint density at radius 3 is 2.18 bits per heavy atom. The van der Waals surface area contributed by atoms with Gasteiger partial charge in [0.05, 0.1) is 26.9 Å². The van der Waals surface area contributed by atoms with Crippen molar-refractivity contribution in [3.63, 3.8) is 0 Å². The van der Waals surface area contributed by atoms with Crippen LogP contribution in [-0.2, 0) is 0 Å². The van der Waals surface area contributed by atoms with Crippen LogP contribution in [0.2, 0.25) is 0 Å². The lowest BCUT2D eigenvalue weighted by molar-refractivity contribution is 0.134. The van der Waals surface area contributed by atoms with Crippen molar-refractivity contribution in [1.29, 1.82) is 0 Å². The normalized spacial score (nSPS) is 19.2. The van der Waals surface area contributed by atoms with Gasteiger partial charge >= 0.3 is 0 Å². The Kier molecular flexibility index (Phi) is 7.58. The van der Waals surface area contributed by atoms with Crippen LogP contribution in [0.15, 0.2) is 48.5 Å². The van der Waals surface area contributed by atoms with E-state index >= 15 is 0 Å². The molecule has 0 spiro atoms. The minimum atomic E-state index is -0.320. The minimum absolute atomic E-state index is 0.0200. The zero-order chi connectivity index (χ0) is 26.6. The Bertz CT molecular complexity index is 1260. The first-order valence-corrected chi connectivity index (χ1v) is 13.1. The third-order valence-corrected chi connectivity index (χ3v) is 6.78. The molecule has 3 atom stereocenters. The van der Waals surface area contributed by atoms with Crippen molar-refractivity contribution in [2.24, 2.45) is 5.92 Å². The molecule has 0 fully saturated rings. The summed E-state index contributed by atoms with van der Waals surface area (Å²) >= 11 is 0. The lowest BCUT2D eigenvalue weighted by atomic mass is 9.78. The summed E-state index contributed by atoms with van der Waals surface area (Å²) in [6.07, 6.45) is -0.320. The van der Waals surface area contributed by atoms with Crippen molar-refractivity contribution < 1.29 is 33.2 Å². The maximum Gasteiger partial charge on any atom is 0.231 e. The van der Waals surface area contributed by atoms with E-state index in [-0.39, 0.29) is 24.9 Å². The molecule has 3 unspecified atom stereocenters. The molecule has 0 aliphatic carbocycles. The Morgan fingerprint density at radius 2 is 1.50 bits per heavy atom. The minimum Gasteiger partial charge on any atom is -0.494 e. The number of hydrogen-bond acceptors (Lipinski definition) is 8. The smallest absolute Gasteiger partial charge is 0.231 e. The van der Waals surface area contributed by atoms with Crippen molar-refractivity contribution in [2.45, 2.75) is 39.8 Å². The van der Waals surface area contributed by atoms with Crippen molar-refractivity contribution in [2.75, 3.05) is 39.0 Å². The molecule has 8 nitrogen and oxygen atoms in total. The Labute approximate surface area is 223 Å². The highest BCUT2D eigenvalue weighted by molar-refractivity contribution is 5.60. The van der Waals surface area contributed by atoms with Crippen LogP contribution >= 0.6 is 0 Å². The molecule has 202 valence electrons. The molecule has 2 heterocycles. The van der Waals surface area contributed by atoms with Gasteiger partial charge in [-0.15, -0.1) is 0 Å². The second-order valence-electron chi connectivity index (χ2n) is 9.14. The summed E-state index contributed by atoms with van der Waals surface area (Å²) in [6.45, 7) is 9.87. The van der Waals surface area contributed by atoms with Gasteiger partial charge in [-0.05, 0) is 68.8 Å². The van der Waals surface area contributed by atoms with E-state index in [0.29, 0.717) is 48.6 Å². The molecule has 3 aromatic rings. The van der Waals surface area contributed by atoms with Crippen LogP contribution in [0, 0.1) is 5.92 Å². The number of rotatable bonds is 10. The molecule has 38 heavy (non-hydrogen) atoms. The maximum absolute atomic E-state index is 6.53. The molecular formula is C30H35NO7. The van der Waals surface area contributed by atoms with Gasteiger partial charge in [0.2, 0.25) is 12.5 Å². The van der Waals surface area contributed by atoms with Crippen molar-refractivity contribution in [3.05, 3.63) is 59.7 Å². The van der Waals surface area contributed by atoms with E-state index in [1.54, 1.807) is 7.11 Å². The van der Waals surface area contributed by atoms with Crippen LogP contribution in [0.5, 0.6) is 40.2 Å². The predicted molar refractivity (Wildman–Crippen MR) is 145 cm³/mol. The number of anilines is 1. The Morgan fingerprint density at radius 1 is 0.816 bits per heavy atom. The second kappa shape index (κ2) is 11.2. The molecule has 0 radical (unpaired) electrons. The van der Waals surface area contributed by atoms with E-state index in [0.717, 1.165) is 28.3 Å². The molecule has 2 aliphatic heterocycles. The lowest BCUT2D eigenvalue weighted by Crippen LogP contribution is -2.40. The molecule has 0 amide bonds. The van der Waals surface area contributed by atoms with Gasteiger partial charge in [-0.3, -0.25) is 0 Å². The molecule has 0 aromatic heterocycles. The first kappa shape index (κ1) is 25.7. The molecule has 1 N–H and O–H groups in total. The van der Waals surface area contributed by atoms with Gasteiger partial charge in [-0.1, -0.05) is 6.92 Å². The number of hydrogen-bond donors (Lipinski definition) is 1. The summed E-state index contributed by atoms with van der Waals surface area (Å²) in [5.74, 6) is 4.81. The third kappa shape index (κ3) is 4.95. The first-order valence-electron chi connectivity index (χ1n) is 13.1. The number of nitrogens with one attached hydrogen (secondary N) is 1. The van der Waals surface area contributed by atoms with Crippen molar-refractivity contribution >= 4 is 5.69 Å². The Hall–Kier alpha value is -3.94. The van der Waals surface area contributed by atoms with Crippen LogP contribution in [0.25, 0.3) is 0 Å². The molecule has 0 saturated carbocycles. The van der Waals surface area contributed by atoms with E-state index in [1.807, 2.05) is 69.3 Å². The van der Waals surface area contributed by atoms with E-state index in [9.17, 15) is 0 Å². The van der Waals surface area contributed by atoms with Gasteiger partial charge in [0.25, 0.3) is 0 Å². The predicted octanol–water partition coefficient (Wildman–Crippen LogP) is 6.22. The second-order valence-corrected chi connectivity index (χ2v) is 9.14. The largest absolute Gasteiger partial charge is 0.494 e. The number of methoxy groups -OCH3 is 1. The zero-order valence-electron chi connectivity index (χ0n) is 22.5. The van der Waals surface area contributed by atoms with E-state index < -0.39 is 0 Å². The van der Waals surface area contributed by atoms with Crippen molar-refractivity contribution in [1.82, 2.24) is 0 Å². The fourth-order valence-electron chi connectivity index (χ4n) is 5.09. The molecule has 5 rings (SSSR count). The van der Waals surface area contributed by atoms with Gasteiger partial charge in [-0.2, -0.15) is 0 Å². The molecular weight excluding hydrogens is 486 g/mol. The summed E-state index contributed by atoms with van der Waals surface area (Å²) in [6, 6.07) is 15.9. The fourth-order valence-corrected chi connectivity index (χ4v) is 5.09. The number of benzene rings is 3. The van der Waals surface area contributed by atoms with Gasteiger partial charge in [0.15, 0.2) is 29.2 Å². The molecule has 0 bridgehead atoms. The van der Waals surface area contributed by atoms with Crippen LogP contribution in [0.3, 0.4) is 0 Å². The van der Waals surface area contributed by atoms with Gasteiger partial charge in [0.1, 0.15) is 11.5 Å². The van der Waals surface area contributed by atoms with Gasteiger partial charge in [-0.25, -0.2) is 0 Å². The number of ether oxygens (including phenoxy) is 7. The highest BCUT2D eigenvalue weighted by Crippen LogP contribution is 2.51. The van der Waals surface area contributed by atoms with Crippen molar-refractivity contribution in [3.8, 4) is 40.2 Å². The van der Waals surface area contributed by atoms with Crippen LogP contribution < -0.4 is 38.5 Å². The lowest BCUT2D eigenvalue weighted by Gasteiger charge is -2.39. The highest BCUT2D eigenvalue weighted by atomic mass is 16.7. The van der Waals surface area contributed by atoms with Crippen LogP contribution in [-0.4, -0.2) is 40.0 Å². The highest BCUT2D eigenvalue weighted by Gasteiger charge is 2.39. The third-order valence-electron chi connectivity index (χ3n) is 6.78. The first-order chi connectivity index (χ1) is 18.6. The van der Waals surface area contributed by atoms with Crippen LogP contribution in [0.1, 0.15) is 44.7 Å². The fraction of sp³-hybridized carbons (Fsp3) is 0.400. The SMILES string of the molecule is CCOc1ccc(NC2Oc3cc4c(cc3C(c3cc(OC)c(OCC)c(OCC)c3)C2C)OCO4)cc1. The maximum atomic E-state index is 6.53. The summed E-state index contributed by atoms with van der Waals surface area (Å²) in [5, 5.41) is 3.57. The summed E-state index contributed by atoms with van der Waals surface area (Å²) in [4.78, 5) is 0. The quantitative estimate of drug-likeness (QED) is 0.337. The average molecular weight is 522 g/mol.